The molecule has 0 bridgehead atoms. The van der Waals surface area contributed by atoms with Gasteiger partial charge in [-0.2, -0.15) is 0 Å². The molecule has 0 aliphatic carbocycles. The molecule has 0 amide bonds. The van der Waals surface area contributed by atoms with Gasteiger partial charge in [0.05, 0.1) is 0 Å². The van der Waals surface area contributed by atoms with Crippen LogP contribution in [0.2, 0.25) is 0 Å². The highest BCUT2D eigenvalue weighted by Gasteiger charge is 2.15. The zero-order chi connectivity index (χ0) is 10.2. The first-order chi connectivity index (χ1) is 6.84. The van der Waals surface area contributed by atoms with Crippen LogP contribution in [0.1, 0.15) is 33.1 Å². The predicted octanol–water partition coefficient (Wildman–Crippen LogP) is 2.03. The summed E-state index contributed by atoms with van der Waals surface area (Å²) in [5.41, 5.74) is 0. The lowest BCUT2D eigenvalue weighted by Crippen LogP contribution is -2.43. The molecule has 1 heterocycles. The highest BCUT2D eigenvalue weighted by atomic mass is 15.2. The molecule has 1 fully saturated rings. The Morgan fingerprint density at radius 1 is 1.29 bits per heavy atom. The van der Waals surface area contributed by atoms with Crippen LogP contribution < -0.4 is 5.32 Å². The fraction of sp³-hybridized carbons (Fsp3) is 0.833. The summed E-state index contributed by atoms with van der Waals surface area (Å²) < 4.78 is 0. The summed E-state index contributed by atoms with van der Waals surface area (Å²) >= 11 is 0. The molecule has 1 unspecified atom stereocenters. The van der Waals surface area contributed by atoms with Crippen LogP contribution in [0.5, 0.6) is 0 Å². The monoisotopic (exact) mass is 196 g/mol. The van der Waals surface area contributed by atoms with Gasteiger partial charge in [-0.15, -0.1) is 0 Å². The minimum absolute atomic E-state index is 0.695. The Morgan fingerprint density at radius 3 is 2.64 bits per heavy atom. The number of allylic oxidation sites excluding steroid dienone is 1. The van der Waals surface area contributed by atoms with Crippen LogP contribution in [0.15, 0.2) is 12.2 Å². The fourth-order valence-corrected chi connectivity index (χ4v) is 1.98. The lowest BCUT2D eigenvalue weighted by molar-refractivity contribution is 0.172. The Bertz CT molecular complexity index is 160. The Kier molecular flexibility index (Phi) is 5.88. The van der Waals surface area contributed by atoms with Crippen molar-refractivity contribution in [2.75, 3.05) is 26.2 Å². The SMILES string of the molecule is C/C=C/CNCC(C)N1CCCCC1. The molecule has 0 radical (unpaired) electrons. The van der Waals surface area contributed by atoms with Gasteiger partial charge in [0.15, 0.2) is 0 Å². The molecule has 2 heteroatoms. The predicted molar refractivity (Wildman–Crippen MR) is 62.6 cm³/mol. The van der Waals surface area contributed by atoms with E-state index in [4.69, 9.17) is 0 Å². The van der Waals surface area contributed by atoms with Gasteiger partial charge in [0, 0.05) is 19.1 Å². The molecule has 1 N–H and O–H groups in total. The van der Waals surface area contributed by atoms with E-state index >= 15 is 0 Å². The van der Waals surface area contributed by atoms with Gasteiger partial charge in [-0.3, -0.25) is 4.90 Å². The van der Waals surface area contributed by atoms with E-state index in [2.05, 4.69) is 36.2 Å². The van der Waals surface area contributed by atoms with Crippen molar-refractivity contribution in [2.45, 2.75) is 39.2 Å². The highest BCUT2D eigenvalue weighted by Crippen LogP contribution is 2.11. The second-order valence-electron chi connectivity index (χ2n) is 4.17. The second kappa shape index (κ2) is 7.02. The van der Waals surface area contributed by atoms with Crippen LogP contribution in [-0.4, -0.2) is 37.1 Å². The number of likely N-dealkylation sites (tertiary alicyclic amines) is 1. The first-order valence-electron chi connectivity index (χ1n) is 5.90. The van der Waals surface area contributed by atoms with E-state index in [-0.39, 0.29) is 0 Å². The van der Waals surface area contributed by atoms with Gasteiger partial charge in [0.25, 0.3) is 0 Å². The highest BCUT2D eigenvalue weighted by molar-refractivity contribution is 4.81. The lowest BCUT2D eigenvalue weighted by atomic mass is 10.1. The maximum Gasteiger partial charge on any atom is 0.0192 e. The van der Waals surface area contributed by atoms with Crippen molar-refractivity contribution >= 4 is 0 Å². The quantitative estimate of drug-likeness (QED) is 0.534. The summed E-state index contributed by atoms with van der Waals surface area (Å²) in [4.78, 5) is 2.60. The molecule has 1 rings (SSSR count). The number of piperidine rings is 1. The Labute approximate surface area is 88.4 Å². The van der Waals surface area contributed by atoms with Crippen LogP contribution in [0.3, 0.4) is 0 Å². The van der Waals surface area contributed by atoms with Crippen molar-refractivity contribution in [3.8, 4) is 0 Å². The minimum Gasteiger partial charge on any atom is -0.312 e. The zero-order valence-corrected chi connectivity index (χ0v) is 9.63. The first kappa shape index (κ1) is 11.7. The van der Waals surface area contributed by atoms with Crippen LogP contribution in [0, 0.1) is 0 Å². The first-order valence-corrected chi connectivity index (χ1v) is 5.90. The Hall–Kier alpha value is -0.340. The van der Waals surface area contributed by atoms with Gasteiger partial charge in [0.2, 0.25) is 0 Å². The Morgan fingerprint density at radius 2 is 2.00 bits per heavy atom. The molecule has 0 saturated carbocycles. The number of rotatable bonds is 5. The summed E-state index contributed by atoms with van der Waals surface area (Å²) in [6.07, 6.45) is 8.47. The molecular formula is C12H24N2. The van der Waals surface area contributed by atoms with Crippen molar-refractivity contribution < 1.29 is 0 Å². The normalized spacial score (nSPS) is 21.6. The zero-order valence-electron chi connectivity index (χ0n) is 9.63. The molecule has 1 aliphatic rings. The van der Waals surface area contributed by atoms with Gasteiger partial charge in [0.1, 0.15) is 0 Å². The van der Waals surface area contributed by atoms with Crippen molar-refractivity contribution in [1.82, 2.24) is 10.2 Å². The van der Waals surface area contributed by atoms with Gasteiger partial charge < -0.3 is 5.32 Å². The number of hydrogen-bond acceptors (Lipinski definition) is 2. The van der Waals surface area contributed by atoms with E-state index in [0.717, 1.165) is 13.1 Å². The number of nitrogens with one attached hydrogen (secondary N) is 1. The van der Waals surface area contributed by atoms with Gasteiger partial charge in [-0.25, -0.2) is 0 Å². The molecule has 0 aromatic rings. The number of nitrogens with zero attached hydrogens (tertiary/aromatic N) is 1. The van der Waals surface area contributed by atoms with E-state index in [1.165, 1.54) is 32.4 Å². The third-order valence-corrected chi connectivity index (χ3v) is 2.95. The molecule has 82 valence electrons. The molecule has 1 aliphatic heterocycles. The van der Waals surface area contributed by atoms with Crippen LogP contribution >= 0.6 is 0 Å². The van der Waals surface area contributed by atoms with E-state index < -0.39 is 0 Å². The van der Waals surface area contributed by atoms with Crippen molar-refractivity contribution in [3.63, 3.8) is 0 Å². The minimum atomic E-state index is 0.695. The third kappa shape index (κ3) is 4.25. The van der Waals surface area contributed by atoms with E-state index in [1.807, 2.05) is 0 Å². The summed E-state index contributed by atoms with van der Waals surface area (Å²) in [5, 5.41) is 3.45. The van der Waals surface area contributed by atoms with Gasteiger partial charge in [-0.05, 0) is 39.8 Å². The molecule has 2 nitrogen and oxygen atoms in total. The second-order valence-corrected chi connectivity index (χ2v) is 4.17. The summed E-state index contributed by atoms with van der Waals surface area (Å²) in [5.74, 6) is 0. The molecule has 0 aromatic heterocycles. The maximum absolute atomic E-state index is 3.45. The van der Waals surface area contributed by atoms with E-state index in [1.54, 1.807) is 0 Å². The lowest BCUT2D eigenvalue weighted by Gasteiger charge is -2.32. The van der Waals surface area contributed by atoms with Crippen molar-refractivity contribution in [1.29, 1.82) is 0 Å². The van der Waals surface area contributed by atoms with Crippen molar-refractivity contribution in [3.05, 3.63) is 12.2 Å². The largest absolute Gasteiger partial charge is 0.312 e. The number of hydrogen-bond donors (Lipinski definition) is 1. The molecule has 1 saturated heterocycles. The molecule has 14 heavy (non-hydrogen) atoms. The summed E-state index contributed by atoms with van der Waals surface area (Å²) in [7, 11) is 0. The van der Waals surface area contributed by atoms with Gasteiger partial charge >= 0.3 is 0 Å². The smallest absolute Gasteiger partial charge is 0.0192 e. The third-order valence-electron chi connectivity index (χ3n) is 2.95. The molecule has 1 atom stereocenters. The molecule has 0 spiro atoms. The molecular weight excluding hydrogens is 172 g/mol. The summed E-state index contributed by atoms with van der Waals surface area (Å²) in [6, 6.07) is 0.695. The van der Waals surface area contributed by atoms with E-state index in [9.17, 15) is 0 Å². The average molecular weight is 196 g/mol. The fourth-order valence-electron chi connectivity index (χ4n) is 1.98. The van der Waals surface area contributed by atoms with Gasteiger partial charge in [-0.1, -0.05) is 18.6 Å². The summed E-state index contributed by atoms with van der Waals surface area (Å²) in [6.45, 7) is 9.11. The molecule has 0 aromatic carbocycles. The maximum atomic E-state index is 3.45. The standard InChI is InChI=1S/C12H24N2/c1-3-4-8-13-11-12(2)14-9-6-5-7-10-14/h3-4,12-13H,5-11H2,1-2H3/b4-3+. The Balaban J connectivity index is 2.10. The van der Waals surface area contributed by atoms with Crippen LogP contribution in [0.25, 0.3) is 0 Å². The van der Waals surface area contributed by atoms with E-state index in [0.29, 0.717) is 6.04 Å². The van der Waals surface area contributed by atoms with Crippen LogP contribution in [-0.2, 0) is 0 Å². The average Bonchev–Trinajstić information content (AvgIpc) is 2.25. The topological polar surface area (TPSA) is 15.3 Å². The van der Waals surface area contributed by atoms with Crippen molar-refractivity contribution in [2.24, 2.45) is 0 Å². The van der Waals surface area contributed by atoms with Crippen LogP contribution in [0.4, 0.5) is 0 Å².